The van der Waals surface area contributed by atoms with E-state index in [2.05, 4.69) is 38.8 Å². The maximum Gasteiger partial charge on any atom is 0.268 e. The summed E-state index contributed by atoms with van der Waals surface area (Å²) in [5.74, 6) is 0.0110. The molecule has 1 aliphatic rings. The SMILES string of the molecule is NCc1ccc(S(=O)(=O)NC(=O)c2ccc(N3CCN(Cc4ccccc4-c4ccc(Cl)cc4)CC3)cc2Oc2ccccc2)cc1. The van der Waals surface area contributed by atoms with Crippen molar-refractivity contribution in [2.45, 2.75) is 18.0 Å². The number of anilines is 1. The van der Waals surface area contributed by atoms with Crippen molar-refractivity contribution < 1.29 is 17.9 Å². The zero-order valence-electron chi connectivity index (χ0n) is 25.7. The molecule has 0 aliphatic carbocycles. The van der Waals surface area contributed by atoms with Gasteiger partial charge in [-0.25, -0.2) is 13.1 Å². The van der Waals surface area contributed by atoms with Crippen LogP contribution in [0.3, 0.4) is 0 Å². The molecule has 8 nitrogen and oxygen atoms in total. The van der Waals surface area contributed by atoms with Crippen LogP contribution in [0, 0.1) is 0 Å². The molecule has 1 fully saturated rings. The number of halogens is 1. The number of para-hydroxylation sites is 1. The average Bonchev–Trinajstić information content (AvgIpc) is 3.09. The summed E-state index contributed by atoms with van der Waals surface area (Å²) in [5, 5.41) is 0.715. The zero-order chi connectivity index (χ0) is 32.8. The molecule has 1 aliphatic heterocycles. The van der Waals surface area contributed by atoms with Crippen molar-refractivity contribution in [1.29, 1.82) is 0 Å². The van der Waals surface area contributed by atoms with Gasteiger partial charge in [0.2, 0.25) is 0 Å². The maximum atomic E-state index is 13.4. The number of hydrogen-bond donors (Lipinski definition) is 2. The quantitative estimate of drug-likeness (QED) is 0.171. The number of nitrogens with zero attached hydrogens (tertiary/aromatic N) is 2. The molecule has 1 amide bonds. The van der Waals surface area contributed by atoms with Gasteiger partial charge in [-0.15, -0.1) is 0 Å². The van der Waals surface area contributed by atoms with Crippen LogP contribution in [-0.2, 0) is 23.1 Å². The highest BCUT2D eigenvalue weighted by molar-refractivity contribution is 7.90. The smallest absolute Gasteiger partial charge is 0.268 e. The minimum atomic E-state index is -4.13. The maximum absolute atomic E-state index is 13.4. The molecule has 3 N–H and O–H groups in total. The number of benzene rings is 5. The molecule has 1 saturated heterocycles. The van der Waals surface area contributed by atoms with E-state index in [0.29, 0.717) is 10.8 Å². The molecule has 0 aromatic heterocycles. The highest BCUT2D eigenvalue weighted by atomic mass is 35.5. The van der Waals surface area contributed by atoms with Crippen molar-refractivity contribution in [3.8, 4) is 22.6 Å². The summed E-state index contributed by atoms with van der Waals surface area (Å²) in [4.78, 5) is 18.0. The molecule has 10 heteroatoms. The number of rotatable bonds is 10. The molecule has 0 unspecified atom stereocenters. The van der Waals surface area contributed by atoms with Crippen LogP contribution in [0.5, 0.6) is 11.5 Å². The van der Waals surface area contributed by atoms with E-state index < -0.39 is 15.9 Å². The molecule has 1 heterocycles. The molecule has 0 bridgehead atoms. The van der Waals surface area contributed by atoms with Crippen molar-refractivity contribution in [3.63, 3.8) is 0 Å². The highest BCUT2D eigenvalue weighted by Crippen LogP contribution is 2.32. The summed E-state index contributed by atoms with van der Waals surface area (Å²) in [7, 11) is -4.13. The van der Waals surface area contributed by atoms with Gasteiger partial charge in [0.05, 0.1) is 10.5 Å². The summed E-state index contributed by atoms with van der Waals surface area (Å²) < 4.78 is 34.5. The van der Waals surface area contributed by atoms with Crippen LogP contribution in [-0.4, -0.2) is 45.4 Å². The van der Waals surface area contributed by atoms with E-state index >= 15 is 0 Å². The predicted molar refractivity (Wildman–Crippen MR) is 186 cm³/mol. The van der Waals surface area contributed by atoms with E-state index in [1.807, 2.05) is 48.5 Å². The molecule has 240 valence electrons. The van der Waals surface area contributed by atoms with Crippen molar-refractivity contribution in [3.05, 3.63) is 143 Å². The van der Waals surface area contributed by atoms with Crippen LogP contribution in [0.2, 0.25) is 5.02 Å². The molecule has 0 radical (unpaired) electrons. The van der Waals surface area contributed by atoms with Gasteiger partial charge in [-0.05, 0) is 70.8 Å². The third-order valence-electron chi connectivity index (χ3n) is 8.18. The highest BCUT2D eigenvalue weighted by Gasteiger charge is 2.24. The second-order valence-electron chi connectivity index (χ2n) is 11.3. The van der Waals surface area contributed by atoms with Gasteiger partial charge in [0.25, 0.3) is 15.9 Å². The van der Waals surface area contributed by atoms with Gasteiger partial charge in [0.1, 0.15) is 11.5 Å². The first-order valence-corrected chi connectivity index (χ1v) is 17.2. The Morgan fingerprint density at radius 2 is 1.49 bits per heavy atom. The Morgan fingerprint density at radius 3 is 2.19 bits per heavy atom. The van der Waals surface area contributed by atoms with Crippen LogP contribution in [0.4, 0.5) is 5.69 Å². The fraction of sp³-hybridized carbons (Fsp3) is 0.162. The molecule has 0 saturated carbocycles. The van der Waals surface area contributed by atoms with E-state index in [-0.39, 0.29) is 22.8 Å². The summed E-state index contributed by atoms with van der Waals surface area (Å²) >= 11 is 6.12. The van der Waals surface area contributed by atoms with Gasteiger partial charge in [-0.1, -0.05) is 78.3 Å². The Kier molecular flexibility index (Phi) is 9.89. The van der Waals surface area contributed by atoms with E-state index in [4.69, 9.17) is 22.1 Å². The van der Waals surface area contributed by atoms with Crippen LogP contribution < -0.4 is 20.1 Å². The minimum Gasteiger partial charge on any atom is -0.456 e. The third-order valence-corrected chi connectivity index (χ3v) is 9.78. The zero-order valence-corrected chi connectivity index (χ0v) is 27.3. The molecule has 0 spiro atoms. The van der Waals surface area contributed by atoms with Gasteiger partial charge in [0, 0.05) is 56.0 Å². The Labute approximate surface area is 280 Å². The Bertz CT molecular complexity index is 1950. The van der Waals surface area contributed by atoms with Gasteiger partial charge in [-0.2, -0.15) is 0 Å². The number of hydrogen-bond acceptors (Lipinski definition) is 7. The normalized spacial score (nSPS) is 13.7. The molecule has 6 rings (SSSR count). The number of ether oxygens (including phenoxy) is 1. The summed E-state index contributed by atoms with van der Waals surface area (Å²) in [6, 6.07) is 36.8. The van der Waals surface area contributed by atoms with Crippen molar-refractivity contribution in [1.82, 2.24) is 9.62 Å². The average molecular weight is 667 g/mol. The summed E-state index contributed by atoms with van der Waals surface area (Å²) in [6.07, 6.45) is 0. The van der Waals surface area contributed by atoms with E-state index in [9.17, 15) is 13.2 Å². The number of nitrogens with one attached hydrogen (secondary N) is 1. The molecule has 5 aromatic carbocycles. The van der Waals surface area contributed by atoms with Gasteiger partial charge < -0.3 is 15.4 Å². The largest absolute Gasteiger partial charge is 0.456 e. The number of sulfonamides is 1. The van der Waals surface area contributed by atoms with E-state index in [1.165, 1.54) is 23.3 Å². The Hall–Kier alpha value is -4.67. The minimum absolute atomic E-state index is 0.0288. The monoisotopic (exact) mass is 666 g/mol. The molecule has 47 heavy (non-hydrogen) atoms. The van der Waals surface area contributed by atoms with Gasteiger partial charge >= 0.3 is 0 Å². The predicted octanol–water partition coefficient (Wildman–Crippen LogP) is 6.70. The topological polar surface area (TPSA) is 105 Å². The van der Waals surface area contributed by atoms with Crippen molar-refractivity contribution in [2.24, 2.45) is 5.73 Å². The first-order valence-electron chi connectivity index (χ1n) is 15.3. The number of carbonyl (C=O) groups excluding carboxylic acids is 1. The van der Waals surface area contributed by atoms with Crippen LogP contribution >= 0.6 is 11.6 Å². The van der Waals surface area contributed by atoms with Crippen LogP contribution in [0.15, 0.2) is 126 Å². The lowest BCUT2D eigenvalue weighted by atomic mass is 9.99. The first kappa shape index (κ1) is 32.3. The number of piperazine rings is 1. The molecule has 0 atom stereocenters. The molecular weight excluding hydrogens is 632 g/mol. The Balaban J connectivity index is 1.18. The molecule has 5 aromatic rings. The first-order chi connectivity index (χ1) is 22.8. The standard InChI is InChI=1S/C37H35ClN4O4S/c38-30-14-12-28(13-15-30)34-9-5-4-6-29(34)26-41-20-22-42(23-21-41)31-16-19-35(36(24-31)46-32-7-2-1-3-8-32)37(43)40-47(44,45)33-17-10-27(25-39)11-18-33/h1-19,24H,20-23,25-26,39H2,(H,40,43). The van der Waals surface area contributed by atoms with Crippen molar-refractivity contribution in [2.75, 3.05) is 31.1 Å². The van der Waals surface area contributed by atoms with Gasteiger partial charge in [0.15, 0.2) is 0 Å². The summed E-state index contributed by atoms with van der Waals surface area (Å²) in [6.45, 7) is 4.32. The lowest BCUT2D eigenvalue weighted by Crippen LogP contribution is -2.46. The fourth-order valence-electron chi connectivity index (χ4n) is 5.61. The lowest BCUT2D eigenvalue weighted by Gasteiger charge is -2.36. The van der Waals surface area contributed by atoms with E-state index in [1.54, 1.807) is 36.4 Å². The van der Waals surface area contributed by atoms with Crippen molar-refractivity contribution >= 4 is 33.2 Å². The third kappa shape index (κ3) is 7.84. The summed E-state index contributed by atoms with van der Waals surface area (Å²) in [5.41, 5.74) is 11.0. The van der Waals surface area contributed by atoms with Crippen LogP contribution in [0.25, 0.3) is 11.1 Å². The van der Waals surface area contributed by atoms with Gasteiger partial charge in [-0.3, -0.25) is 9.69 Å². The lowest BCUT2D eigenvalue weighted by molar-refractivity contribution is 0.0979. The van der Waals surface area contributed by atoms with Crippen LogP contribution in [0.1, 0.15) is 21.5 Å². The number of carbonyl (C=O) groups is 1. The second kappa shape index (κ2) is 14.4. The van der Waals surface area contributed by atoms with E-state index in [0.717, 1.165) is 49.5 Å². The molecular formula is C37H35ClN4O4S. The number of nitrogens with two attached hydrogens (primary N) is 1. The fourth-order valence-corrected chi connectivity index (χ4v) is 6.70. The number of amides is 1. The Morgan fingerprint density at radius 1 is 0.809 bits per heavy atom. The second-order valence-corrected chi connectivity index (χ2v) is 13.4.